The Balaban J connectivity index is 1.48. The minimum atomic E-state index is -5.06. The Kier molecular flexibility index (Phi) is 11.7. The van der Waals surface area contributed by atoms with Crippen LogP contribution >= 0.6 is 19.2 Å². The smallest absolute Gasteiger partial charge is 0.361 e. The highest BCUT2D eigenvalue weighted by Gasteiger charge is 2.50. The first-order valence-corrected chi connectivity index (χ1v) is 15.6. The van der Waals surface area contributed by atoms with E-state index in [4.69, 9.17) is 46.5 Å². The van der Waals surface area contributed by atoms with Crippen molar-refractivity contribution in [2.24, 2.45) is 16.2 Å². The van der Waals surface area contributed by atoms with Gasteiger partial charge in [-0.3, -0.25) is 9.97 Å². The zero-order valence-corrected chi connectivity index (χ0v) is 25.2. The number of halogens is 1. The van der Waals surface area contributed by atoms with Gasteiger partial charge in [0.2, 0.25) is 10.6 Å². The lowest BCUT2D eigenvalue weighted by Crippen LogP contribution is -2.45. The average molecular weight is 650 g/mol. The van der Waals surface area contributed by atoms with E-state index < -0.39 is 51.2 Å². The van der Waals surface area contributed by atoms with Crippen molar-refractivity contribution in [2.45, 2.75) is 61.9 Å². The van der Waals surface area contributed by atoms with Crippen molar-refractivity contribution in [1.29, 1.82) is 5.41 Å². The Labute approximate surface area is 251 Å². The number of nitrogens with one attached hydrogen (secondary N) is 2. The van der Waals surface area contributed by atoms with Crippen molar-refractivity contribution in [1.82, 2.24) is 19.7 Å². The highest BCUT2D eigenvalue weighted by molar-refractivity contribution is 7.53. The molecule has 18 nitrogen and oxygen atoms in total. The number of aliphatic hydroxyl groups excluding tert-OH is 1. The van der Waals surface area contributed by atoms with Crippen LogP contribution in [-0.4, -0.2) is 111 Å². The Morgan fingerprint density at radius 1 is 1.30 bits per heavy atom. The molecule has 1 saturated heterocycles. The highest BCUT2D eigenvalue weighted by Crippen LogP contribution is 2.52. The molecule has 1 aliphatic carbocycles. The summed E-state index contributed by atoms with van der Waals surface area (Å²) in [5.41, 5.74) is 0.354. The predicted octanol–water partition coefficient (Wildman–Crippen LogP) is 1.36. The SMILES string of the molecule is COCCOC[C@@](COCC(=N)N=NN)(OC[C@@H]1C[C@@H](O)[C@H](n2ncc3c(NC4CCCC4)nc(Cl)nc32)O1)P(=O)(O)O. The molecule has 1 aliphatic heterocycles. The number of aromatic nitrogens is 4. The molecule has 0 amide bonds. The molecule has 43 heavy (non-hydrogen) atoms. The minimum absolute atomic E-state index is 0.00281. The lowest BCUT2D eigenvalue weighted by Gasteiger charge is -2.34. The molecular weight excluding hydrogens is 613 g/mol. The van der Waals surface area contributed by atoms with Gasteiger partial charge in [0.25, 0.3) is 0 Å². The number of nitrogens with two attached hydrogens (primary N) is 1. The summed E-state index contributed by atoms with van der Waals surface area (Å²) in [5, 5.41) is 30.9. The third kappa shape index (κ3) is 8.42. The summed E-state index contributed by atoms with van der Waals surface area (Å²) in [5.74, 6) is 5.10. The molecule has 0 aromatic carbocycles. The Bertz CT molecular complexity index is 1310. The van der Waals surface area contributed by atoms with E-state index in [1.54, 1.807) is 6.20 Å². The summed E-state index contributed by atoms with van der Waals surface area (Å²) < 4.78 is 41.6. The van der Waals surface area contributed by atoms with Gasteiger partial charge in [-0.15, -0.1) is 5.11 Å². The van der Waals surface area contributed by atoms with Crippen LogP contribution in [-0.2, 0) is 28.2 Å². The molecule has 0 spiro atoms. The number of aliphatic hydroxyl groups is 1. The Morgan fingerprint density at radius 2 is 2.05 bits per heavy atom. The minimum Gasteiger partial charge on any atom is -0.388 e. The molecule has 4 atom stereocenters. The number of anilines is 1. The number of ether oxygens (including phenoxy) is 5. The van der Waals surface area contributed by atoms with Crippen molar-refractivity contribution >= 4 is 41.9 Å². The number of nitrogens with zero attached hydrogens (tertiary/aromatic N) is 6. The second kappa shape index (κ2) is 15.1. The van der Waals surface area contributed by atoms with Gasteiger partial charge in [-0.2, -0.15) is 15.1 Å². The third-order valence-electron chi connectivity index (χ3n) is 7.10. The molecule has 2 aromatic heterocycles. The van der Waals surface area contributed by atoms with Crippen LogP contribution < -0.4 is 11.2 Å². The van der Waals surface area contributed by atoms with Crippen LogP contribution in [0.3, 0.4) is 0 Å². The third-order valence-corrected chi connectivity index (χ3v) is 8.72. The van der Waals surface area contributed by atoms with E-state index >= 15 is 0 Å². The lowest BCUT2D eigenvalue weighted by molar-refractivity contribution is -0.130. The molecule has 2 aliphatic rings. The van der Waals surface area contributed by atoms with Crippen molar-refractivity contribution in [3.63, 3.8) is 0 Å². The molecule has 2 aromatic rings. The van der Waals surface area contributed by atoms with Crippen LogP contribution in [0.2, 0.25) is 5.28 Å². The molecule has 7 N–H and O–H groups in total. The second-order valence-corrected chi connectivity index (χ2v) is 12.5. The van der Waals surface area contributed by atoms with Crippen molar-refractivity contribution < 1.29 is 43.1 Å². The number of amidine groups is 1. The first-order valence-electron chi connectivity index (χ1n) is 13.6. The normalized spacial score (nSPS) is 23.0. The van der Waals surface area contributed by atoms with E-state index in [1.165, 1.54) is 11.8 Å². The van der Waals surface area contributed by atoms with Gasteiger partial charge in [-0.1, -0.05) is 18.1 Å². The Morgan fingerprint density at radius 3 is 2.74 bits per heavy atom. The zero-order valence-electron chi connectivity index (χ0n) is 23.5. The van der Waals surface area contributed by atoms with E-state index in [0.717, 1.165) is 25.7 Å². The van der Waals surface area contributed by atoms with Gasteiger partial charge in [0, 0.05) is 19.6 Å². The number of hydrogen-bond donors (Lipinski definition) is 6. The summed E-state index contributed by atoms with van der Waals surface area (Å²) in [6.45, 7) is -1.84. The predicted molar refractivity (Wildman–Crippen MR) is 152 cm³/mol. The maximum Gasteiger partial charge on any atom is 0.361 e. The summed E-state index contributed by atoms with van der Waals surface area (Å²) in [7, 11) is -3.61. The molecule has 2 fully saturated rings. The summed E-state index contributed by atoms with van der Waals surface area (Å²) >= 11 is 6.23. The van der Waals surface area contributed by atoms with Gasteiger partial charge < -0.3 is 49.7 Å². The molecular formula is C23H37ClN9O9P. The number of fused-ring (bicyclic) bond motifs is 1. The molecule has 20 heteroatoms. The van der Waals surface area contributed by atoms with Gasteiger partial charge in [0.15, 0.2) is 17.7 Å². The molecule has 0 bridgehead atoms. The van der Waals surface area contributed by atoms with Crippen LogP contribution in [0, 0.1) is 5.41 Å². The standard InChI is InChI=1S/C23H37ClN9O9P/c1-38-6-7-39-12-23(43(35,36)37,13-40-11-18(25)31-32-26)41-10-15-8-17(34)21(42-15)33-20-16(9-27-33)19(29-22(24)30-20)28-14-4-2-3-5-14/h9,14-15,17,21,34H,2-8,10-13H2,1H3,(H3,25,26,31)(H,28,29,30)(H2,35,36,37)/t15-,17+,21+,23+/m0/s1. The fraction of sp³-hybridized carbons (Fsp3) is 0.739. The average Bonchev–Trinajstić information content (AvgIpc) is 3.69. The number of rotatable bonds is 16. The fourth-order valence-electron chi connectivity index (χ4n) is 4.92. The summed E-state index contributed by atoms with van der Waals surface area (Å²) in [4.78, 5) is 29.2. The van der Waals surface area contributed by atoms with Gasteiger partial charge in [-0.05, 0) is 24.4 Å². The molecule has 240 valence electrons. The summed E-state index contributed by atoms with van der Waals surface area (Å²) in [6, 6.07) is 0.264. The van der Waals surface area contributed by atoms with Crippen molar-refractivity contribution in [3.8, 4) is 0 Å². The van der Waals surface area contributed by atoms with E-state index in [1.807, 2.05) is 0 Å². The van der Waals surface area contributed by atoms with E-state index in [2.05, 4.69) is 30.7 Å². The first kappa shape index (κ1) is 33.5. The van der Waals surface area contributed by atoms with Gasteiger partial charge >= 0.3 is 7.60 Å². The zero-order chi connectivity index (χ0) is 31.0. The highest BCUT2D eigenvalue weighted by atomic mass is 35.5. The lowest BCUT2D eigenvalue weighted by atomic mass is 10.2. The van der Waals surface area contributed by atoms with Crippen molar-refractivity contribution in [3.05, 3.63) is 11.5 Å². The first-order chi connectivity index (χ1) is 20.6. The van der Waals surface area contributed by atoms with E-state index in [-0.39, 0.29) is 43.4 Å². The maximum atomic E-state index is 12.7. The van der Waals surface area contributed by atoms with Crippen LogP contribution in [0.25, 0.3) is 11.0 Å². The molecule has 4 rings (SSSR count). The molecule has 0 unspecified atom stereocenters. The van der Waals surface area contributed by atoms with Gasteiger partial charge in [0.1, 0.15) is 18.5 Å². The van der Waals surface area contributed by atoms with Crippen LogP contribution in [0.5, 0.6) is 0 Å². The summed E-state index contributed by atoms with van der Waals surface area (Å²) in [6.07, 6.45) is 3.07. The van der Waals surface area contributed by atoms with Crippen LogP contribution in [0.1, 0.15) is 38.3 Å². The van der Waals surface area contributed by atoms with E-state index in [0.29, 0.717) is 16.9 Å². The molecule has 0 radical (unpaired) electrons. The second-order valence-electron chi connectivity index (χ2n) is 10.2. The monoisotopic (exact) mass is 649 g/mol. The Hall–Kier alpha value is -2.38. The van der Waals surface area contributed by atoms with Gasteiger partial charge in [0.05, 0.1) is 50.7 Å². The molecule has 1 saturated carbocycles. The number of hydrogen-bond acceptors (Lipinski definition) is 13. The van der Waals surface area contributed by atoms with E-state index in [9.17, 15) is 19.5 Å². The maximum absolute atomic E-state index is 12.7. The quantitative estimate of drug-likeness (QED) is 0.0219. The van der Waals surface area contributed by atoms with Crippen LogP contribution in [0.4, 0.5) is 5.82 Å². The van der Waals surface area contributed by atoms with Gasteiger partial charge in [-0.25, -0.2) is 4.68 Å². The molecule has 3 heterocycles. The number of methoxy groups -OCH3 is 1. The van der Waals surface area contributed by atoms with Crippen molar-refractivity contribution in [2.75, 3.05) is 52.1 Å². The van der Waals surface area contributed by atoms with Crippen LogP contribution in [0.15, 0.2) is 16.5 Å². The topological polar surface area (TPSA) is 254 Å². The fourth-order valence-corrected chi connectivity index (χ4v) is 5.85. The largest absolute Gasteiger partial charge is 0.388 e.